The number of sulfonamides is 1. The van der Waals surface area contributed by atoms with E-state index in [9.17, 15) is 8.42 Å². The molecule has 1 fully saturated rings. The van der Waals surface area contributed by atoms with Crippen LogP contribution < -0.4 is 11.3 Å². The second-order valence-electron chi connectivity index (χ2n) is 4.21. The lowest BCUT2D eigenvalue weighted by molar-refractivity contribution is 0.250. The minimum Gasteiger partial charge on any atom is -0.395 e. The third-order valence-corrected chi connectivity index (χ3v) is 4.91. The number of nitrogens with one attached hydrogen (secondary N) is 1. The summed E-state index contributed by atoms with van der Waals surface area (Å²) in [6.07, 6.45) is 1.69. The molecule has 0 atom stereocenters. The number of hydrazine groups is 1. The number of rotatable bonds is 6. The van der Waals surface area contributed by atoms with Gasteiger partial charge in [0.15, 0.2) is 0 Å². The Bertz CT molecular complexity index is 514. The van der Waals surface area contributed by atoms with Gasteiger partial charge >= 0.3 is 0 Å². The molecule has 0 radical (unpaired) electrons. The second-order valence-corrected chi connectivity index (χ2v) is 6.07. The summed E-state index contributed by atoms with van der Waals surface area (Å²) in [6, 6.07) is 6.49. The topological polar surface area (TPSA) is 95.7 Å². The van der Waals surface area contributed by atoms with E-state index in [1.54, 1.807) is 18.2 Å². The summed E-state index contributed by atoms with van der Waals surface area (Å²) >= 11 is 0. The Labute approximate surface area is 106 Å². The maximum absolute atomic E-state index is 12.5. The van der Waals surface area contributed by atoms with Crippen molar-refractivity contribution in [3.8, 4) is 0 Å². The van der Waals surface area contributed by atoms with Gasteiger partial charge in [-0.25, -0.2) is 8.42 Å². The lowest BCUT2D eigenvalue weighted by Gasteiger charge is -2.22. The zero-order valence-electron chi connectivity index (χ0n) is 9.91. The molecule has 0 unspecified atom stereocenters. The zero-order valence-corrected chi connectivity index (χ0v) is 10.7. The van der Waals surface area contributed by atoms with Crippen molar-refractivity contribution < 1.29 is 13.5 Å². The summed E-state index contributed by atoms with van der Waals surface area (Å²) in [5, 5.41) is 9.00. The molecule has 0 heterocycles. The molecule has 6 nitrogen and oxygen atoms in total. The van der Waals surface area contributed by atoms with E-state index in [2.05, 4.69) is 5.43 Å². The Morgan fingerprint density at radius 2 is 2.06 bits per heavy atom. The van der Waals surface area contributed by atoms with Crippen molar-refractivity contribution in [2.24, 2.45) is 5.84 Å². The van der Waals surface area contributed by atoms with Gasteiger partial charge in [0.2, 0.25) is 10.0 Å². The van der Waals surface area contributed by atoms with E-state index in [1.165, 1.54) is 10.4 Å². The smallest absolute Gasteiger partial charge is 0.245 e. The van der Waals surface area contributed by atoms with E-state index < -0.39 is 10.0 Å². The molecule has 1 aromatic carbocycles. The number of para-hydroxylation sites is 1. The van der Waals surface area contributed by atoms with E-state index in [1.807, 2.05) is 0 Å². The molecule has 0 bridgehead atoms. The van der Waals surface area contributed by atoms with Gasteiger partial charge in [-0.15, -0.1) is 0 Å². The van der Waals surface area contributed by atoms with Gasteiger partial charge in [0.05, 0.1) is 12.3 Å². The third-order valence-electron chi connectivity index (χ3n) is 2.90. The molecule has 1 saturated carbocycles. The van der Waals surface area contributed by atoms with Gasteiger partial charge in [0, 0.05) is 12.6 Å². The highest BCUT2D eigenvalue weighted by atomic mass is 32.2. The first-order valence-corrected chi connectivity index (χ1v) is 7.23. The van der Waals surface area contributed by atoms with Crippen LogP contribution in [0.5, 0.6) is 0 Å². The number of nitrogens with zero attached hydrogens (tertiary/aromatic N) is 1. The van der Waals surface area contributed by atoms with Crippen LogP contribution in [0, 0.1) is 0 Å². The van der Waals surface area contributed by atoms with Gasteiger partial charge in [-0.3, -0.25) is 5.84 Å². The predicted octanol–water partition coefficient (Wildman–Crippen LogP) is 0.118. The number of hydrogen-bond acceptors (Lipinski definition) is 5. The number of hydrogen-bond donors (Lipinski definition) is 3. The number of nitrogens with two attached hydrogens (primary N) is 1. The molecule has 0 aliphatic heterocycles. The summed E-state index contributed by atoms with van der Waals surface area (Å²) in [5.41, 5.74) is 2.75. The first-order valence-electron chi connectivity index (χ1n) is 5.79. The average molecular weight is 271 g/mol. The second kappa shape index (κ2) is 5.23. The first kappa shape index (κ1) is 13.3. The van der Waals surface area contributed by atoms with Gasteiger partial charge in [-0.05, 0) is 25.0 Å². The highest BCUT2D eigenvalue weighted by molar-refractivity contribution is 7.89. The lowest BCUT2D eigenvalue weighted by Crippen LogP contribution is -2.36. The van der Waals surface area contributed by atoms with Crippen molar-refractivity contribution >= 4 is 15.7 Å². The minimum absolute atomic E-state index is 0.00739. The maximum atomic E-state index is 12.5. The van der Waals surface area contributed by atoms with E-state index in [4.69, 9.17) is 10.9 Å². The number of benzene rings is 1. The van der Waals surface area contributed by atoms with Crippen LogP contribution >= 0.6 is 0 Å². The summed E-state index contributed by atoms with van der Waals surface area (Å²) in [4.78, 5) is 0.146. The fourth-order valence-electron chi connectivity index (χ4n) is 1.90. The average Bonchev–Trinajstić information content (AvgIpc) is 3.19. The first-order chi connectivity index (χ1) is 8.61. The molecule has 1 aliphatic carbocycles. The lowest BCUT2D eigenvalue weighted by atomic mass is 10.3. The van der Waals surface area contributed by atoms with E-state index in [0.29, 0.717) is 5.69 Å². The van der Waals surface area contributed by atoms with Gasteiger partial charge in [0.1, 0.15) is 4.90 Å². The number of anilines is 1. The minimum atomic E-state index is -3.61. The molecule has 7 heteroatoms. The highest BCUT2D eigenvalue weighted by Crippen LogP contribution is 2.33. The fourth-order valence-corrected chi connectivity index (χ4v) is 3.73. The molecular formula is C11H17N3O3S. The summed E-state index contributed by atoms with van der Waals surface area (Å²) in [6.45, 7) is -0.0696. The molecule has 1 aromatic rings. The molecule has 0 aromatic heterocycles. The van der Waals surface area contributed by atoms with Crippen molar-refractivity contribution in [3.63, 3.8) is 0 Å². The van der Waals surface area contributed by atoms with Crippen LogP contribution in [0.25, 0.3) is 0 Å². The number of aliphatic hydroxyl groups excluding tert-OH is 1. The highest BCUT2D eigenvalue weighted by Gasteiger charge is 2.38. The molecule has 4 N–H and O–H groups in total. The van der Waals surface area contributed by atoms with Crippen LogP contribution in [0.3, 0.4) is 0 Å². The van der Waals surface area contributed by atoms with E-state index >= 15 is 0 Å². The fraction of sp³-hybridized carbons (Fsp3) is 0.455. The standard InChI is InChI=1S/C11H17N3O3S/c12-13-10-3-1-2-4-11(10)18(16,17)14(7-8-15)9-5-6-9/h1-4,9,13,15H,5-8,12H2. The Balaban J connectivity index is 2.39. The van der Waals surface area contributed by atoms with Crippen molar-refractivity contribution in [3.05, 3.63) is 24.3 Å². The Kier molecular flexibility index (Phi) is 3.86. The molecular weight excluding hydrogens is 254 g/mol. The van der Waals surface area contributed by atoms with Crippen molar-refractivity contribution in [2.45, 2.75) is 23.8 Å². The van der Waals surface area contributed by atoms with Crippen molar-refractivity contribution in [1.82, 2.24) is 4.31 Å². The number of nitrogen functional groups attached to an aromatic ring is 1. The molecule has 0 spiro atoms. The molecule has 100 valence electrons. The molecule has 0 amide bonds. The van der Waals surface area contributed by atoms with Crippen LogP contribution in [-0.2, 0) is 10.0 Å². The summed E-state index contributed by atoms with van der Waals surface area (Å²) < 4.78 is 26.4. The van der Waals surface area contributed by atoms with E-state index in [0.717, 1.165) is 12.8 Å². The molecule has 1 aliphatic rings. The van der Waals surface area contributed by atoms with E-state index in [-0.39, 0.29) is 24.1 Å². The molecule has 18 heavy (non-hydrogen) atoms. The largest absolute Gasteiger partial charge is 0.395 e. The van der Waals surface area contributed by atoms with Crippen molar-refractivity contribution in [1.29, 1.82) is 0 Å². The predicted molar refractivity (Wildman–Crippen MR) is 68.3 cm³/mol. The molecule has 0 saturated heterocycles. The normalized spacial score (nSPS) is 15.9. The van der Waals surface area contributed by atoms with Crippen LogP contribution in [0.1, 0.15) is 12.8 Å². The Morgan fingerprint density at radius 1 is 1.39 bits per heavy atom. The molecule has 2 rings (SSSR count). The number of aliphatic hydroxyl groups is 1. The third kappa shape index (κ3) is 2.49. The zero-order chi connectivity index (χ0) is 13.2. The van der Waals surface area contributed by atoms with Gasteiger partial charge in [-0.2, -0.15) is 4.31 Å². The van der Waals surface area contributed by atoms with Crippen LogP contribution in [0.15, 0.2) is 29.2 Å². The van der Waals surface area contributed by atoms with Crippen LogP contribution in [-0.4, -0.2) is 37.0 Å². The Morgan fingerprint density at radius 3 is 2.61 bits per heavy atom. The summed E-state index contributed by atoms with van der Waals surface area (Å²) in [5.74, 6) is 5.33. The Hall–Kier alpha value is -1.15. The van der Waals surface area contributed by atoms with Crippen LogP contribution in [0.4, 0.5) is 5.69 Å². The maximum Gasteiger partial charge on any atom is 0.245 e. The SMILES string of the molecule is NNc1ccccc1S(=O)(=O)N(CCO)C1CC1. The quantitative estimate of drug-likeness (QED) is 0.504. The van der Waals surface area contributed by atoms with Gasteiger partial charge in [-0.1, -0.05) is 12.1 Å². The summed E-state index contributed by atoms with van der Waals surface area (Å²) in [7, 11) is -3.61. The monoisotopic (exact) mass is 271 g/mol. The van der Waals surface area contributed by atoms with Crippen LogP contribution in [0.2, 0.25) is 0 Å². The van der Waals surface area contributed by atoms with Crippen molar-refractivity contribution in [2.75, 3.05) is 18.6 Å². The van der Waals surface area contributed by atoms with Gasteiger partial charge in [0.25, 0.3) is 0 Å². The van der Waals surface area contributed by atoms with Gasteiger partial charge < -0.3 is 10.5 Å².